The first kappa shape index (κ1) is 29.4. The zero-order valence-electron chi connectivity index (χ0n) is 22.8. The number of likely N-dealkylation sites (tertiary alicyclic amines) is 1. The highest BCUT2D eigenvalue weighted by atomic mass is 32.2. The van der Waals surface area contributed by atoms with Gasteiger partial charge in [-0.15, -0.1) is 0 Å². The Kier molecular flexibility index (Phi) is 8.42. The van der Waals surface area contributed by atoms with Gasteiger partial charge in [0.1, 0.15) is 18.6 Å². The molecule has 2 aliphatic heterocycles. The predicted molar refractivity (Wildman–Crippen MR) is 144 cm³/mol. The van der Waals surface area contributed by atoms with Crippen molar-refractivity contribution in [1.29, 1.82) is 0 Å². The number of benzene rings is 2. The SMILES string of the molecule is CCS(=O)(=O)N[C@H]1[C@@H](F)CN(C(=O)OCc2ccccc2)[C@H]1Cc1cccc(B2OC(C)(C)C(C)(C)O2)c1F. The summed E-state index contributed by atoms with van der Waals surface area (Å²) in [7, 11) is -4.79. The van der Waals surface area contributed by atoms with E-state index < -0.39 is 65.1 Å². The van der Waals surface area contributed by atoms with Gasteiger partial charge >= 0.3 is 13.2 Å². The van der Waals surface area contributed by atoms with Crippen LogP contribution in [0.1, 0.15) is 45.7 Å². The van der Waals surface area contributed by atoms with E-state index in [9.17, 15) is 13.2 Å². The van der Waals surface area contributed by atoms with Gasteiger partial charge < -0.3 is 18.9 Å². The molecule has 0 aromatic heterocycles. The zero-order valence-corrected chi connectivity index (χ0v) is 23.6. The molecule has 2 aliphatic rings. The molecule has 12 heteroatoms. The fraction of sp³-hybridized carbons (Fsp3) is 0.519. The Morgan fingerprint density at radius 1 is 1.10 bits per heavy atom. The van der Waals surface area contributed by atoms with Gasteiger partial charge in [-0.25, -0.2) is 26.7 Å². The van der Waals surface area contributed by atoms with Crippen molar-refractivity contribution in [3.63, 3.8) is 0 Å². The molecule has 2 aromatic rings. The Morgan fingerprint density at radius 2 is 1.74 bits per heavy atom. The summed E-state index contributed by atoms with van der Waals surface area (Å²) in [6, 6.07) is 11.4. The van der Waals surface area contributed by atoms with Crippen LogP contribution in [0.5, 0.6) is 0 Å². The highest BCUT2D eigenvalue weighted by molar-refractivity contribution is 7.89. The van der Waals surface area contributed by atoms with Gasteiger partial charge in [-0.05, 0) is 52.2 Å². The normalized spacial score (nSPS) is 24.2. The second-order valence-electron chi connectivity index (χ2n) is 10.9. The minimum Gasteiger partial charge on any atom is -0.445 e. The van der Waals surface area contributed by atoms with Crippen LogP contribution in [0.3, 0.4) is 0 Å². The van der Waals surface area contributed by atoms with E-state index in [1.54, 1.807) is 36.4 Å². The number of halogens is 2. The van der Waals surface area contributed by atoms with E-state index in [1.807, 2.05) is 33.8 Å². The van der Waals surface area contributed by atoms with Crippen LogP contribution in [0.15, 0.2) is 48.5 Å². The maximum absolute atomic E-state index is 15.9. The summed E-state index contributed by atoms with van der Waals surface area (Å²) in [5.41, 5.74) is -0.290. The number of hydrogen-bond donors (Lipinski definition) is 1. The van der Waals surface area contributed by atoms with E-state index in [4.69, 9.17) is 14.0 Å². The van der Waals surface area contributed by atoms with Crippen molar-refractivity contribution in [3.8, 4) is 0 Å². The molecule has 212 valence electrons. The van der Waals surface area contributed by atoms with Crippen LogP contribution in [-0.2, 0) is 37.1 Å². The topological polar surface area (TPSA) is 94.2 Å². The lowest BCUT2D eigenvalue weighted by atomic mass is 9.77. The van der Waals surface area contributed by atoms with Gasteiger partial charge in [-0.1, -0.05) is 48.5 Å². The van der Waals surface area contributed by atoms with Crippen molar-refractivity contribution in [3.05, 3.63) is 65.5 Å². The third-order valence-corrected chi connectivity index (χ3v) is 9.15. The van der Waals surface area contributed by atoms with E-state index in [2.05, 4.69) is 4.72 Å². The van der Waals surface area contributed by atoms with E-state index >= 15 is 8.78 Å². The highest BCUT2D eigenvalue weighted by Gasteiger charge is 2.53. The van der Waals surface area contributed by atoms with Crippen molar-refractivity contribution in [2.75, 3.05) is 12.3 Å². The van der Waals surface area contributed by atoms with Crippen molar-refractivity contribution in [2.24, 2.45) is 0 Å². The second kappa shape index (κ2) is 11.2. The first-order valence-electron chi connectivity index (χ1n) is 13.0. The molecule has 0 aliphatic carbocycles. The van der Waals surface area contributed by atoms with Gasteiger partial charge in [-0.3, -0.25) is 0 Å². The first-order chi connectivity index (χ1) is 18.2. The Hall–Kier alpha value is -2.54. The van der Waals surface area contributed by atoms with Crippen molar-refractivity contribution >= 4 is 28.7 Å². The van der Waals surface area contributed by atoms with Crippen LogP contribution in [0.4, 0.5) is 13.6 Å². The largest absolute Gasteiger partial charge is 0.497 e. The van der Waals surface area contributed by atoms with Crippen LogP contribution >= 0.6 is 0 Å². The first-order valence-corrected chi connectivity index (χ1v) is 14.6. The van der Waals surface area contributed by atoms with Crippen molar-refractivity contribution < 1.29 is 36.0 Å². The maximum atomic E-state index is 15.9. The van der Waals surface area contributed by atoms with Crippen LogP contribution in [0.25, 0.3) is 0 Å². The summed E-state index contributed by atoms with van der Waals surface area (Å²) in [4.78, 5) is 14.2. The Morgan fingerprint density at radius 3 is 2.36 bits per heavy atom. The fourth-order valence-corrected chi connectivity index (χ4v) is 5.58. The van der Waals surface area contributed by atoms with Crippen molar-refractivity contribution in [1.82, 2.24) is 9.62 Å². The van der Waals surface area contributed by atoms with Crippen LogP contribution in [-0.4, -0.2) is 68.3 Å². The minimum atomic E-state index is -3.83. The average Bonchev–Trinajstić information content (AvgIpc) is 3.29. The quantitative estimate of drug-likeness (QED) is 0.495. The summed E-state index contributed by atoms with van der Waals surface area (Å²) in [6.07, 6.45) is -2.68. The Balaban J connectivity index is 1.61. The number of nitrogens with one attached hydrogen (secondary N) is 1. The monoisotopic (exact) mass is 564 g/mol. The molecule has 0 saturated carbocycles. The summed E-state index contributed by atoms with van der Waals surface area (Å²) in [5, 5.41) is 0. The van der Waals surface area contributed by atoms with Crippen LogP contribution in [0, 0.1) is 5.82 Å². The molecule has 0 radical (unpaired) electrons. The van der Waals surface area contributed by atoms with Gasteiger partial charge in [0.2, 0.25) is 10.0 Å². The predicted octanol–water partition coefficient (Wildman–Crippen LogP) is 3.33. The number of carbonyl (C=O) groups is 1. The number of alkyl halides is 1. The maximum Gasteiger partial charge on any atom is 0.497 e. The van der Waals surface area contributed by atoms with Gasteiger partial charge in [0.15, 0.2) is 0 Å². The highest BCUT2D eigenvalue weighted by Crippen LogP contribution is 2.37. The zero-order chi connectivity index (χ0) is 28.6. The van der Waals surface area contributed by atoms with E-state index in [1.165, 1.54) is 13.0 Å². The summed E-state index contributed by atoms with van der Waals surface area (Å²) in [6.45, 7) is 8.43. The smallest absolute Gasteiger partial charge is 0.445 e. The molecule has 8 nitrogen and oxygen atoms in total. The lowest BCUT2D eigenvalue weighted by Crippen LogP contribution is -2.50. The van der Waals surface area contributed by atoms with E-state index in [-0.39, 0.29) is 29.8 Å². The Bertz CT molecular complexity index is 1280. The molecule has 1 amide bonds. The number of carbonyl (C=O) groups excluding carboxylic acids is 1. The molecule has 2 saturated heterocycles. The molecule has 0 bridgehead atoms. The lowest BCUT2D eigenvalue weighted by molar-refractivity contribution is 0.00578. The third-order valence-electron chi connectivity index (χ3n) is 7.76. The third kappa shape index (κ3) is 6.29. The van der Waals surface area contributed by atoms with Crippen LogP contribution < -0.4 is 10.2 Å². The summed E-state index contributed by atoms with van der Waals surface area (Å²) < 4.78 is 75.7. The fourth-order valence-electron chi connectivity index (χ4n) is 4.70. The average molecular weight is 564 g/mol. The van der Waals surface area contributed by atoms with Crippen LogP contribution in [0.2, 0.25) is 0 Å². The number of hydrogen-bond acceptors (Lipinski definition) is 6. The number of sulfonamides is 1. The summed E-state index contributed by atoms with van der Waals surface area (Å²) >= 11 is 0. The molecule has 39 heavy (non-hydrogen) atoms. The molecular weight excluding hydrogens is 529 g/mol. The minimum absolute atomic E-state index is 0.0447. The number of ether oxygens (including phenoxy) is 1. The molecule has 3 atom stereocenters. The molecule has 0 unspecified atom stereocenters. The number of rotatable bonds is 8. The van der Waals surface area contributed by atoms with Gasteiger partial charge in [0.05, 0.1) is 35.6 Å². The van der Waals surface area contributed by atoms with Gasteiger partial charge in [0.25, 0.3) is 0 Å². The standard InChI is InChI=1S/C27H35BF2N2O6S/c1-6-39(34,35)31-24-21(29)16-32(25(33)36-17-18-11-8-7-9-12-18)22(24)15-19-13-10-14-20(23(19)30)28-37-26(2,3)27(4,5)38-28/h7-14,21-22,24,31H,6,15-17H2,1-5H3/t21-,22-,24-/m0/s1. The number of nitrogens with zero attached hydrogens (tertiary/aromatic N) is 1. The second-order valence-corrected chi connectivity index (χ2v) is 13.0. The molecule has 2 heterocycles. The molecule has 4 rings (SSSR count). The van der Waals surface area contributed by atoms with E-state index in [0.717, 1.165) is 10.5 Å². The van der Waals surface area contributed by atoms with Crippen molar-refractivity contribution in [2.45, 2.75) is 77.1 Å². The molecule has 0 spiro atoms. The van der Waals surface area contributed by atoms with Gasteiger partial charge in [0, 0.05) is 5.46 Å². The molecule has 1 N–H and O–H groups in total. The molecule has 2 fully saturated rings. The summed E-state index contributed by atoms with van der Waals surface area (Å²) in [5.74, 6) is -0.888. The Labute approximate surface area is 229 Å². The number of amides is 1. The lowest BCUT2D eigenvalue weighted by Gasteiger charge is -2.32. The van der Waals surface area contributed by atoms with Gasteiger partial charge in [-0.2, -0.15) is 0 Å². The molecular formula is C27H35BF2N2O6S. The van der Waals surface area contributed by atoms with E-state index in [0.29, 0.717) is 0 Å². The molecule has 2 aromatic carbocycles.